The number of fused-ring (bicyclic) bond motifs is 1. The summed E-state index contributed by atoms with van der Waals surface area (Å²) in [5.41, 5.74) is 3.50. The Hall–Kier alpha value is -2.61. The van der Waals surface area contributed by atoms with Crippen molar-refractivity contribution in [3.63, 3.8) is 0 Å². The van der Waals surface area contributed by atoms with Crippen molar-refractivity contribution in [2.45, 2.75) is 31.9 Å². The topological polar surface area (TPSA) is 71.9 Å². The number of nitrogens with one attached hydrogen (secondary N) is 1. The van der Waals surface area contributed by atoms with Gasteiger partial charge in [-0.1, -0.05) is 23.2 Å². The number of hydrogen-bond donors (Lipinski definition) is 1. The molecule has 166 valence electrons. The molecule has 0 amide bonds. The molecule has 1 aliphatic heterocycles. The predicted molar refractivity (Wildman–Crippen MR) is 126 cm³/mol. The predicted octanol–water partition coefficient (Wildman–Crippen LogP) is 5.53. The highest BCUT2D eigenvalue weighted by molar-refractivity contribution is 6.35. The number of aromatic amines is 1. The van der Waals surface area contributed by atoms with E-state index in [4.69, 9.17) is 27.9 Å². The van der Waals surface area contributed by atoms with Crippen LogP contribution in [0.2, 0.25) is 10.0 Å². The van der Waals surface area contributed by atoms with Gasteiger partial charge >= 0.3 is 0 Å². The Morgan fingerprint density at radius 2 is 1.88 bits per heavy atom. The van der Waals surface area contributed by atoms with E-state index >= 15 is 0 Å². The van der Waals surface area contributed by atoms with Crippen molar-refractivity contribution in [2.24, 2.45) is 0 Å². The van der Waals surface area contributed by atoms with Crippen LogP contribution in [0, 0.1) is 0 Å². The van der Waals surface area contributed by atoms with Crippen LogP contribution in [0.5, 0.6) is 5.75 Å². The molecule has 3 aromatic heterocycles. The summed E-state index contributed by atoms with van der Waals surface area (Å²) in [5, 5.41) is 14.2. The summed E-state index contributed by atoms with van der Waals surface area (Å²) in [4.78, 5) is 6.37. The van der Waals surface area contributed by atoms with Gasteiger partial charge in [0.25, 0.3) is 0 Å². The number of benzene rings is 1. The van der Waals surface area contributed by atoms with Crippen molar-refractivity contribution in [2.75, 3.05) is 20.1 Å². The minimum absolute atomic E-state index is 0.335. The average molecular weight is 471 g/mol. The first-order chi connectivity index (χ1) is 15.5. The van der Waals surface area contributed by atoms with Gasteiger partial charge in [0.2, 0.25) is 0 Å². The number of ether oxygens (including phenoxy) is 1. The Bertz CT molecular complexity index is 1220. The molecule has 5 rings (SSSR count). The second-order valence-corrected chi connectivity index (χ2v) is 9.11. The van der Waals surface area contributed by atoms with Crippen molar-refractivity contribution in [3.05, 3.63) is 58.6 Å². The van der Waals surface area contributed by atoms with Crippen LogP contribution in [0.3, 0.4) is 0 Å². The smallest absolute Gasteiger partial charge is 0.124 e. The van der Waals surface area contributed by atoms with E-state index in [2.05, 4.69) is 43.1 Å². The van der Waals surface area contributed by atoms with Crippen molar-refractivity contribution in [1.29, 1.82) is 0 Å². The number of H-pyrrole nitrogens is 1. The summed E-state index contributed by atoms with van der Waals surface area (Å²) in [5.74, 6) is 0.708. The van der Waals surface area contributed by atoms with E-state index in [0.717, 1.165) is 53.7 Å². The first-order valence-corrected chi connectivity index (χ1v) is 11.4. The van der Waals surface area contributed by atoms with Gasteiger partial charge in [-0.2, -0.15) is 10.2 Å². The number of likely N-dealkylation sites (tertiary alicyclic amines) is 1. The maximum atomic E-state index is 6.29. The molecule has 0 saturated carbocycles. The molecule has 1 unspecified atom stereocenters. The normalized spacial score (nSPS) is 16.5. The molecule has 1 aromatic carbocycles. The Labute approximate surface area is 196 Å². The molecule has 1 fully saturated rings. The SMILES string of the molecule is CC(Oc1ccc2[nH]nc(-c3cnn(C4CCN(C)CC4)c3)c2c1)c1c(Cl)cncc1Cl. The molecule has 0 bridgehead atoms. The summed E-state index contributed by atoms with van der Waals surface area (Å²) in [6.45, 7) is 4.10. The van der Waals surface area contributed by atoms with Crippen LogP contribution in [0.4, 0.5) is 0 Å². The molecular formula is C23H24Cl2N6O. The molecular weight excluding hydrogens is 447 g/mol. The van der Waals surface area contributed by atoms with Crippen LogP contribution in [-0.2, 0) is 0 Å². The second kappa shape index (κ2) is 8.73. The third-order valence-electron chi connectivity index (χ3n) is 6.08. The van der Waals surface area contributed by atoms with Crippen LogP contribution >= 0.6 is 23.2 Å². The Kier molecular flexibility index (Phi) is 5.80. The largest absolute Gasteiger partial charge is 0.486 e. The third kappa shape index (κ3) is 4.08. The van der Waals surface area contributed by atoms with Crippen LogP contribution in [0.25, 0.3) is 22.2 Å². The molecule has 0 spiro atoms. The summed E-state index contributed by atoms with van der Waals surface area (Å²) < 4.78 is 8.26. The Balaban J connectivity index is 1.41. The highest BCUT2D eigenvalue weighted by atomic mass is 35.5. The van der Waals surface area contributed by atoms with Gasteiger partial charge in [-0.3, -0.25) is 14.8 Å². The average Bonchev–Trinajstić information content (AvgIpc) is 3.41. The quantitative estimate of drug-likeness (QED) is 0.414. The summed E-state index contributed by atoms with van der Waals surface area (Å²) in [6.07, 6.45) is 9.00. The fourth-order valence-corrected chi connectivity index (χ4v) is 4.95. The van der Waals surface area contributed by atoms with Gasteiger partial charge in [-0.05, 0) is 58.1 Å². The van der Waals surface area contributed by atoms with E-state index < -0.39 is 0 Å². The molecule has 0 radical (unpaired) electrons. The number of hydrogen-bond acceptors (Lipinski definition) is 5. The van der Waals surface area contributed by atoms with Gasteiger partial charge in [-0.25, -0.2) is 0 Å². The molecule has 1 atom stereocenters. The zero-order chi connectivity index (χ0) is 22.2. The fraction of sp³-hybridized carbons (Fsp3) is 0.348. The first kappa shape index (κ1) is 21.2. The molecule has 1 aliphatic rings. The van der Waals surface area contributed by atoms with E-state index in [-0.39, 0.29) is 6.10 Å². The van der Waals surface area contributed by atoms with E-state index in [1.54, 1.807) is 12.4 Å². The van der Waals surface area contributed by atoms with Crippen molar-refractivity contribution in [3.8, 4) is 17.0 Å². The minimum Gasteiger partial charge on any atom is -0.486 e. The van der Waals surface area contributed by atoms with Gasteiger partial charge < -0.3 is 9.64 Å². The minimum atomic E-state index is -0.335. The van der Waals surface area contributed by atoms with E-state index in [1.165, 1.54) is 0 Å². The zero-order valence-corrected chi connectivity index (χ0v) is 19.4. The lowest BCUT2D eigenvalue weighted by molar-refractivity contribution is 0.212. The van der Waals surface area contributed by atoms with Crippen LogP contribution in [0.1, 0.15) is 37.5 Å². The van der Waals surface area contributed by atoms with Crippen LogP contribution in [-0.4, -0.2) is 50.0 Å². The van der Waals surface area contributed by atoms with Crippen molar-refractivity contribution in [1.82, 2.24) is 29.9 Å². The lowest BCUT2D eigenvalue weighted by atomic mass is 10.1. The molecule has 4 heterocycles. The third-order valence-corrected chi connectivity index (χ3v) is 6.68. The number of rotatable bonds is 5. The molecule has 1 saturated heterocycles. The molecule has 4 aromatic rings. The van der Waals surface area contributed by atoms with Gasteiger partial charge in [-0.15, -0.1) is 0 Å². The molecule has 32 heavy (non-hydrogen) atoms. The lowest BCUT2D eigenvalue weighted by Gasteiger charge is -2.28. The van der Waals surface area contributed by atoms with Gasteiger partial charge in [0.15, 0.2) is 0 Å². The lowest BCUT2D eigenvalue weighted by Crippen LogP contribution is -2.31. The monoisotopic (exact) mass is 470 g/mol. The molecule has 1 N–H and O–H groups in total. The number of halogens is 2. The van der Waals surface area contributed by atoms with Crippen LogP contribution < -0.4 is 4.74 Å². The van der Waals surface area contributed by atoms with Crippen molar-refractivity contribution >= 4 is 34.1 Å². The van der Waals surface area contributed by atoms with Crippen LogP contribution in [0.15, 0.2) is 43.0 Å². The van der Waals surface area contributed by atoms with E-state index in [0.29, 0.717) is 21.8 Å². The summed E-state index contributed by atoms with van der Waals surface area (Å²) in [6, 6.07) is 6.29. The number of aromatic nitrogens is 5. The zero-order valence-electron chi connectivity index (χ0n) is 17.9. The Morgan fingerprint density at radius 3 is 2.62 bits per heavy atom. The number of piperidine rings is 1. The highest BCUT2D eigenvalue weighted by Crippen LogP contribution is 2.35. The maximum absolute atomic E-state index is 6.29. The molecule has 7 nitrogen and oxygen atoms in total. The first-order valence-electron chi connectivity index (χ1n) is 10.7. The number of pyridine rings is 1. The standard InChI is InChI=1S/C23H24Cl2N6O/c1-14(22-19(24)11-26-12-20(22)25)32-17-3-4-21-18(9-17)23(29-28-21)15-10-27-31(13-15)16-5-7-30(2)8-6-16/h3-4,9-14,16H,5-8H2,1-2H3,(H,28,29). The van der Waals surface area contributed by atoms with Crippen molar-refractivity contribution < 1.29 is 4.74 Å². The van der Waals surface area contributed by atoms with Gasteiger partial charge in [0.1, 0.15) is 17.5 Å². The maximum Gasteiger partial charge on any atom is 0.124 e. The van der Waals surface area contributed by atoms with Gasteiger partial charge in [0, 0.05) is 35.1 Å². The number of nitrogens with zero attached hydrogens (tertiary/aromatic N) is 5. The molecule has 9 heteroatoms. The van der Waals surface area contributed by atoms with Gasteiger partial charge in [0.05, 0.1) is 27.8 Å². The fourth-order valence-electron chi connectivity index (χ4n) is 4.28. The second-order valence-electron chi connectivity index (χ2n) is 8.30. The van der Waals surface area contributed by atoms with E-state index in [9.17, 15) is 0 Å². The summed E-state index contributed by atoms with van der Waals surface area (Å²) in [7, 11) is 2.16. The highest BCUT2D eigenvalue weighted by Gasteiger charge is 2.21. The summed E-state index contributed by atoms with van der Waals surface area (Å²) >= 11 is 12.6. The van der Waals surface area contributed by atoms with E-state index in [1.807, 2.05) is 31.3 Å². The Morgan fingerprint density at radius 1 is 1.12 bits per heavy atom. The molecule has 0 aliphatic carbocycles.